The highest BCUT2D eigenvalue weighted by Gasteiger charge is 2.31. The van der Waals surface area contributed by atoms with Gasteiger partial charge in [-0.2, -0.15) is 0 Å². The number of alkyl carbamates (subject to hydrolysis) is 1. The van der Waals surface area contributed by atoms with Crippen LogP contribution in [0.2, 0.25) is 0 Å². The predicted octanol–water partition coefficient (Wildman–Crippen LogP) is 2.85. The Morgan fingerprint density at radius 3 is 2.57 bits per heavy atom. The third-order valence-electron chi connectivity index (χ3n) is 4.02. The first-order chi connectivity index (χ1) is 11.0. The highest BCUT2D eigenvalue weighted by molar-refractivity contribution is 5.67. The van der Waals surface area contributed by atoms with Crippen LogP contribution in [0.5, 0.6) is 0 Å². The van der Waals surface area contributed by atoms with Gasteiger partial charge in [-0.1, -0.05) is 30.3 Å². The topological polar surface area (TPSA) is 59.6 Å². The predicted molar refractivity (Wildman–Crippen MR) is 90.3 cm³/mol. The monoisotopic (exact) mass is 320 g/mol. The first-order valence-electron chi connectivity index (χ1n) is 8.33. The van der Waals surface area contributed by atoms with E-state index in [0.717, 1.165) is 31.6 Å². The molecule has 1 aliphatic carbocycles. The van der Waals surface area contributed by atoms with E-state index >= 15 is 0 Å². The first kappa shape index (κ1) is 17.8. The minimum Gasteiger partial charge on any atom is -0.445 e. The Kier molecular flexibility index (Phi) is 6.42. The summed E-state index contributed by atoms with van der Waals surface area (Å²) >= 11 is 0. The maximum atomic E-state index is 11.8. The molecule has 0 bridgehead atoms. The Hall–Kier alpha value is -1.59. The first-order valence-corrected chi connectivity index (χ1v) is 8.33. The lowest BCUT2D eigenvalue weighted by atomic mass is 9.86. The largest absolute Gasteiger partial charge is 0.445 e. The van der Waals surface area contributed by atoms with Crippen LogP contribution in [-0.2, 0) is 16.1 Å². The molecule has 1 aliphatic rings. The number of carbonyl (C=O) groups is 1. The van der Waals surface area contributed by atoms with Gasteiger partial charge in [-0.25, -0.2) is 4.79 Å². The lowest BCUT2D eigenvalue weighted by Gasteiger charge is -2.38. The van der Waals surface area contributed by atoms with Crippen molar-refractivity contribution >= 4 is 6.09 Å². The van der Waals surface area contributed by atoms with E-state index in [-0.39, 0.29) is 17.7 Å². The quantitative estimate of drug-likeness (QED) is 0.773. The lowest BCUT2D eigenvalue weighted by molar-refractivity contribution is -0.0132. The van der Waals surface area contributed by atoms with E-state index in [9.17, 15) is 4.79 Å². The van der Waals surface area contributed by atoms with Crippen molar-refractivity contribution in [1.29, 1.82) is 0 Å². The number of nitrogens with one attached hydrogen (secondary N) is 2. The summed E-state index contributed by atoms with van der Waals surface area (Å²) in [5.41, 5.74) is 0.843. The van der Waals surface area contributed by atoms with Gasteiger partial charge in [-0.05, 0) is 39.2 Å². The minimum absolute atomic E-state index is 0.151. The molecule has 1 amide bonds. The molecular weight excluding hydrogens is 292 g/mol. The van der Waals surface area contributed by atoms with E-state index in [4.69, 9.17) is 9.47 Å². The third-order valence-corrected chi connectivity index (χ3v) is 4.02. The average Bonchev–Trinajstić information content (AvgIpc) is 2.48. The summed E-state index contributed by atoms with van der Waals surface area (Å²) in [7, 11) is 0. The van der Waals surface area contributed by atoms with Gasteiger partial charge in [0.15, 0.2) is 0 Å². The van der Waals surface area contributed by atoms with E-state index in [0.29, 0.717) is 12.6 Å². The molecule has 0 spiro atoms. The molecule has 0 heterocycles. The van der Waals surface area contributed by atoms with Gasteiger partial charge in [-0.15, -0.1) is 0 Å². The molecule has 5 nitrogen and oxygen atoms in total. The second-order valence-corrected chi connectivity index (χ2v) is 6.64. The smallest absolute Gasteiger partial charge is 0.407 e. The molecule has 2 N–H and O–H groups in total. The number of carbonyl (C=O) groups excluding carboxylic acids is 1. The zero-order valence-corrected chi connectivity index (χ0v) is 14.3. The molecule has 2 rings (SSSR count). The molecule has 1 fully saturated rings. The number of rotatable bonds is 8. The zero-order chi connectivity index (χ0) is 16.7. The van der Waals surface area contributed by atoms with E-state index in [1.807, 2.05) is 37.3 Å². The van der Waals surface area contributed by atoms with Crippen molar-refractivity contribution < 1.29 is 14.3 Å². The van der Waals surface area contributed by atoms with E-state index in [1.54, 1.807) is 0 Å². The van der Waals surface area contributed by atoms with Gasteiger partial charge in [0.25, 0.3) is 0 Å². The summed E-state index contributed by atoms with van der Waals surface area (Å²) in [5, 5.41) is 6.39. The van der Waals surface area contributed by atoms with Gasteiger partial charge in [0, 0.05) is 25.2 Å². The summed E-state index contributed by atoms with van der Waals surface area (Å²) in [5.74, 6) is 0. The van der Waals surface area contributed by atoms with E-state index in [1.165, 1.54) is 0 Å². The van der Waals surface area contributed by atoms with Crippen LogP contribution >= 0.6 is 0 Å². The second kappa shape index (κ2) is 8.31. The van der Waals surface area contributed by atoms with Crippen LogP contribution < -0.4 is 10.6 Å². The van der Waals surface area contributed by atoms with E-state index < -0.39 is 0 Å². The van der Waals surface area contributed by atoms with Crippen molar-refractivity contribution in [3.8, 4) is 0 Å². The molecular formula is C18H28N2O3. The Morgan fingerprint density at radius 2 is 1.91 bits per heavy atom. The summed E-state index contributed by atoms with van der Waals surface area (Å²) in [6.07, 6.45) is 1.53. The van der Waals surface area contributed by atoms with Crippen molar-refractivity contribution in [1.82, 2.24) is 10.6 Å². The summed E-state index contributed by atoms with van der Waals surface area (Å²) in [4.78, 5) is 11.8. The van der Waals surface area contributed by atoms with Gasteiger partial charge in [-0.3, -0.25) is 0 Å². The third kappa shape index (κ3) is 6.20. The molecule has 5 heteroatoms. The van der Waals surface area contributed by atoms with Crippen LogP contribution in [-0.4, -0.2) is 36.9 Å². The van der Waals surface area contributed by atoms with Crippen LogP contribution in [0, 0.1) is 0 Å². The highest BCUT2D eigenvalue weighted by atomic mass is 16.5. The number of hydrogen-bond donors (Lipinski definition) is 2. The summed E-state index contributed by atoms with van der Waals surface area (Å²) in [6.45, 7) is 8.01. The number of ether oxygens (including phenoxy) is 2. The molecule has 1 saturated carbocycles. The van der Waals surface area contributed by atoms with Crippen molar-refractivity contribution in [2.24, 2.45) is 0 Å². The van der Waals surface area contributed by atoms with Gasteiger partial charge in [0.05, 0.1) is 5.60 Å². The second-order valence-electron chi connectivity index (χ2n) is 6.64. The molecule has 0 atom stereocenters. The molecule has 0 saturated heterocycles. The fraction of sp³-hybridized carbons (Fsp3) is 0.611. The SMILES string of the molecule is CCOC(C)(C)CNC1CC(NC(=O)OCc2ccccc2)C1. The molecule has 0 aromatic heterocycles. The molecule has 1 aromatic rings. The van der Waals surface area contributed by atoms with Crippen molar-refractivity contribution in [2.45, 2.75) is 57.9 Å². The fourth-order valence-corrected chi connectivity index (χ4v) is 2.67. The molecule has 1 aromatic carbocycles. The Labute approximate surface area is 138 Å². The highest BCUT2D eigenvalue weighted by Crippen LogP contribution is 2.21. The lowest BCUT2D eigenvalue weighted by Crippen LogP contribution is -2.54. The van der Waals surface area contributed by atoms with Gasteiger partial charge in [0.2, 0.25) is 0 Å². The molecule has 23 heavy (non-hydrogen) atoms. The Bertz CT molecular complexity index is 484. The number of amides is 1. The zero-order valence-electron chi connectivity index (χ0n) is 14.3. The maximum absolute atomic E-state index is 11.8. The van der Waals surface area contributed by atoms with Gasteiger partial charge >= 0.3 is 6.09 Å². The van der Waals surface area contributed by atoms with Gasteiger partial charge in [0.1, 0.15) is 6.61 Å². The normalized spacial score (nSPS) is 20.7. The Balaban J connectivity index is 1.58. The average molecular weight is 320 g/mol. The number of hydrogen-bond acceptors (Lipinski definition) is 4. The van der Waals surface area contributed by atoms with Gasteiger partial charge < -0.3 is 20.1 Å². The van der Waals surface area contributed by atoms with Crippen LogP contribution in [0.15, 0.2) is 30.3 Å². The fourth-order valence-electron chi connectivity index (χ4n) is 2.67. The standard InChI is InChI=1S/C18H28N2O3/c1-4-23-18(2,3)13-19-15-10-16(11-15)20-17(21)22-12-14-8-6-5-7-9-14/h5-9,15-16,19H,4,10-13H2,1-3H3,(H,20,21). The van der Waals surface area contributed by atoms with Crippen LogP contribution in [0.3, 0.4) is 0 Å². The molecule has 0 radical (unpaired) electrons. The van der Waals surface area contributed by atoms with Crippen LogP contribution in [0.4, 0.5) is 4.79 Å². The summed E-state index contributed by atoms with van der Waals surface area (Å²) < 4.78 is 10.9. The van der Waals surface area contributed by atoms with Crippen molar-refractivity contribution in [3.05, 3.63) is 35.9 Å². The number of benzene rings is 1. The van der Waals surface area contributed by atoms with E-state index in [2.05, 4.69) is 24.5 Å². The van der Waals surface area contributed by atoms with Crippen molar-refractivity contribution in [2.75, 3.05) is 13.2 Å². The molecule has 128 valence electrons. The molecule has 0 unspecified atom stereocenters. The maximum Gasteiger partial charge on any atom is 0.407 e. The minimum atomic E-state index is -0.341. The molecule has 0 aliphatic heterocycles. The summed E-state index contributed by atoms with van der Waals surface area (Å²) in [6, 6.07) is 10.3. The van der Waals surface area contributed by atoms with Crippen LogP contribution in [0.1, 0.15) is 39.2 Å². The van der Waals surface area contributed by atoms with Crippen molar-refractivity contribution in [3.63, 3.8) is 0 Å². The van der Waals surface area contributed by atoms with Crippen LogP contribution in [0.25, 0.3) is 0 Å². The Morgan fingerprint density at radius 1 is 1.22 bits per heavy atom.